The van der Waals surface area contributed by atoms with Gasteiger partial charge in [0, 0.05) is 11.4 Å². The van der Waals surface area contributed by atoms with Crippen LogP contribution in [-0.2, 0) is 6.42 Å². The van der Waals surface area contributed by atoms with Gasteiger partial charge in [-0.05, 0) is 30.0 Å². The molecular weight excluding hydrogens is 184 g/mol. The lowest BCUT2D eigenvalue weighted by Crippen LogP contribution is -2.13. The van der Waals surface area contributed by atoms with E-state index in [1.54, 1.807) is 0 Å². The second kappa shape index (κ2) is 3.00. The number of hydrogen-bond acceptors (Lipinski definition) is 1. The minimum atomic E-state index is -0.437. The summed E-state index contributed by atoms with van der Waals surface area (Å²) in [4.78, 5) is 0. The molecule has 1 fully saturated rings. The fraction of sp³-hybridized carbons (Fsp3) is 0.455. The summed E-state index contributed by atoms with van der Waals surface area (Å²) in [6, 6.07) is 7.69. The molecule has 1 nitrogen and oxygen atoms in total. The summed E-state index contributed by atoms with van der Waals surface area (Å²) in [5.41, 5.74) is 0.727. The van der Waals surface area contributed by atoms with Crippen molar-refractivity contribution in [1.82, 2.24) is 0 Å². The largest absolute Gasteiger partial charge is 0.389 e. The van der Waals surface area contributed by atoms with Crippen LogP contribution in [0.2, 0.25) is 5.02 Å². The number of benzene rings is 1. The Morgan fingerprint density at radius 3 is 2.46 bits per heavy atom. The Kier molecular flexibility index (Phi) is 2.09. The van der Waals surface area contributed by atoms with Crippen LogP contribution in [0.1, 0.15) is 18.9 Å². The fourth-order valence-electron chi connectivity index (χ4n) is 1.67. The third kappa shape index (κ3) is 1.87. The summed E-state index contributed by atoms with van der Waals surface area (Å²) >= 11 is 5.76. The number of aliphatic hydroxyl groups is 1. The zero-order valence-electron chi connectivity index (χ0n) is 7.63. The Morgan fingerprint density at radius 2 is 2.00 bits per heavy atom. The average Bonchev–Trinajstić information content (AvgIpc) is 2.65. The Hall–Kier alpha value is -0.530. The molecule has 1 saturated carbocycles. The second-order valence-corrected chi connectivity index (χ2v) is 4.45. The summed E-state index contributed by atoms with van der Waals surface area (Å²) in [5, 5.41) is 10.6. The molecule has 0 aliphatic heterocycles. The predicted molar refractivity (Wildman–Crippen MR) is 53.9 cm³/mol. The Morgan fingerprint density at radius 1 is 1.46 bits per heavy atom. The molecule has 70 valence electrons. The van der Waals surface area contributed by atoms with E-state index in [2.05, 4.69) is 6.92 Å². The summed E-state index contributed by atoms with van der Waals surface area (Å²) in [6.45, 7) is 2.08. The van der Waals surface area contributed by atoms with Gasteiger partial charge >= 0.3 is 0 Å². The molecule has 2 unspecified atom stereocenters. The van der Waals surface area contributed by atoms with Crippen molar-refractivity contribution in [2.75, 3.05) is 0 Å². The fourth-order valence-corrected chi connectivity index (χ4v) is 1.80. The van der Waals surface area contributed by atoms with Crippen LogP contribution in [0.15, 0.2) is 24.3 Å². The van der Waals surface area contributed by atoms with Crippen molar-refractivity contribution in [2.45, 2.75) is 25.4 Å². The summed E-state index contributed by atoms with van der Waals surface area (Å²) in [7, 11) is 0. The van der Waals surface area contributed by atoms with E-state index in [0.717, 1.165) is 23.4 Å². The van der Waals surface area contributed by atoms with Gasteiger partial charge in [0.1, 0.15) is 0 Å². The first kappa shape index (κ1) is 9.04. The van der Waals surface area contributed by atoms with Gasteiger partial charge < -0.3 is 5.11 Å². The lowest BCUT2D eigenvalue weighted by Gasteiger charge is -2.08. The third-order valence-electron chi connectivity index (χ3n) is 2.84. The SMILES string of the molecule is CC1CC1(O)Cc1ccc(Cl)cc1. The molecule has 1 aliphatic rings. The normalized spacial score (nSPS) is 31.8. The average molecular weight is 197 g/mol. The minimum absolute atomic E-state index is 0.437. The van der Waals surface area contributed by atoms with Gasteiger partial charge in [0.2, 0.25) is 0 Å². The third-order valence-corrected chi connectivity index (χ3v) is 3.09. The molecule has 0 spiro atoms. The zero-order chi connectivity index (χ0) is 9.47. The van der Waals surface area contributed by atoms with Crippen LogP contribution in [0.25, 0.3) is 0 Å². The smallest absolute Gasteiger partial charge is 0.0718 e. The molecule has 0 amide bonds. The predicted octanol–water partition coefficient (Wildman–Crippen LogP) is 2.65. The first-order chi connectivity index (χ1) is 6.10. The molecule has 1 aromatic rings. The van der Waals surface area contributed by atoms with E-state index in [-0.39, 0.29) is 0 Å². The van der Waals surface area contributed by atoms with Crippen molar-refractivity contribution < 1.29 is 5.11 Å². The quantitative estimate of drug-likeness (QED) is 0.771. The topological polar surface area (TPSA) is 20.2 Å². The van der Waals surface area contributed by atoms with Gasteiger partial charge in [0.15, 0.2) is 0 Å². The van der Waals surface area contributed by atoms with Crippen molar-refractivity contribution in [2.24, 2.45) is 5.92 Å². The molecule has 0 aromatic heterocycles. The van der Waals surface area contributed by atoms with Gasteiger partial charge in [-0.1, -0.05) is 30.7 Å². The molecule has 0 heterocycles. The van der Waals surface area contributed by atoms with E-state index in [0.29, 0.717) is 5.92 Å². The van der Waals surface area contributed by atoms with E-state index in [1.807, 2.05) is 24.3 Å². The van der Waals surface area contributed by atoms with E-state index >= 15 is 0 Å². The van der Waals surface area contributed by atoms with Crippen molar-refractivity contribution in [3.05, 3.63) is 34.9 Å². The molecule has 0 bridgehead atoms. The first-order valence-corrected chi connectivity index (χ1v) is 4.95. The molecule has 2 atom stereocenters. The standard InChI is InChI=1S/C11H13ClO/c1-8-6-11(8,13)7-9-2-4-10(12)5-3-9/h2-5,8,13H,6-7H2,1H3. The maximum Gasteiger partial charge on any atom is 0.0718 e. The van der Waals surface area contributed by atoms with E-state index in [4.69, 9.17) is 11.6 Å². The van der Waals surface area contributed by atoms with Crippen molar-refractivity contribution >= 4 is 11.6 Å². The zero-order valence-corrected chi connectivity index (χ0v) is 8.38. The van der Waals surface area contributed by atoms with Crippen molar-refractivity contribution in [3.63, 3.8) is 0 Å². The number of rotatable bonds is 2. The van der Waals surface area contributed by atoms with Crippen LogP contribution < -0.4 is 0 Å². The van der Waals surface area contributed by atoms with Crippen molar-refractivity contribution in [3.8, 4) is 0 Å². The van der Waals surface area contributed by atoms with Crippen LogP contribution in [0, 0.1) is 5.92 Å². The second-order valence-electron chi connectivity index (χ2n) is 4.01. The van der Waals surface area contributed by atoms with Crippen LogP contribution in [0.5, 0.6) is 0 Å². The Balaban J connectivity index is 2.07. The minimum Gasteiger partial charge on any atom is -0.389 e. The van der Waals surface area contributed by atoms with Gasteiger partial charge in [0.05, 0.1) is 5.60 Å². The Bertz CT molecular complexity index is 306. The van der Waals surface area contributed by atoms with Crippen LogP contribution in [0.3, 0.4) is 0 Å². The monoisotopic (exact) mass is 196 g/mol. The summed E-state index contributed by atoms with van der Waals surface area (Å²) in [6.07, 6.45) is 1.68. The van der Waals surface area contributed by atoms with Crippen LogP contribution in [0.4, 0.5) is 0 Å². The molecule has 13 heavy (non-hydrogen) atoms. The van der Waals surface area contributed by atoms with Gasteiger partial charge in [-0.3, -0.25) is 0 Å². The highest BCUT2D eigenvalue weighted by Gasteiger charge is 2.49. The molecule has 1 aliphatic carbocycles. The molecule has 2 heteroatoms. The van der Waals surface area contributed by atoms with Gasteiger partial charge in [0.25, 0.3) is 0 Å². The highest BCUT2D eigenvalue weighted by Crippen LogP contribution is 2.45. The molecular formula is C11H13ClO. The summed E-state index contributed by atoms with van der Waals surface area (Å²) in [5.74, 6) is 0.447. The number of halogens is 1. The van der Waals surface area contributed by atoms with E-state index < -0.39 is 5.60 Å². The highest BCUT2D eigenvalue weighted by atomic mass is 35.5. The van der Waals surface area contributed by atoms with Gasteiger partial charge in [-0.15, -0.1) is 0 Å². The molecule has 0 saturated heterocycles. The van der Waals surface area contributed by atoms with Gasteiger partial charge in [-0.25, -0.2) is 0 Å². The number of hydrogen-bond donors (Lipinski definition) is 1. The van der Waals surface area contributed by atoms with Crippen LogP contribution >= 0.6 is 11.6 Å². The van der Waals surface area contributed by atoms with Crippen molar-refractivity contribution in [1.29, 1.82) is 0 Å². The summed E-state index contributed by atoms with van der Waals surface area (Å²) < 4.78 is 0. The van der Waals surface area contributed by atoms with Crippen LogP contribution in [-0.4, -0.2) is 10.7 Å². The van der Waals surface area contributed by atoms with E-state index in [1.165, 1.54) is 0 Å². The molecule has 2 rings (SSSR count). The maximum absolute atomic E-state index is 9.89. The van der Waals surface area contributed by atoms with E-state index in [9.17, 15) is 5.11 Å². The molecule has 1 N–H and O–H groups in total. The lowest BCUT2D eigenvalue weighted by molar-refractivity contribution is 0.135. The lowest BCUT2D eigenvalue weighted by atomic mass is 10.1. The first-order valence-electron chi connectivity index (χ1n) is 4.57. The van der Waals surface area contributed by atoms with Gasteiger partial charge in [-0.2, -0.15) is 0 Å². The maximum atomic E-state index is 9.89. The Labute approximate surface area is 83.3 Å². The highest BCUT2D eigenvalue weighted by molar-refractivity contribution is 6.30. The molecule has 0 radical (unpaired) electrons. The molecule has 1 aromatic carbocycles.